The third-order valence-corrected chi connectivity index (χ3v) is 2.99. The molecule has 0 bridgehead atoms. The molecule has 1 aromatic carbocycles. The highest BCUT2D eigenvalue weighted by Crippen LogP contribution is 2.12. The highest BCUT2D eigenvalue weighted by molar-refractivity contribution is 6.30. The van der Waals surface area contributed by atoms with Crippen LogP contribution >= 0.6 is 11.6 Å². The maximum Gasteiger partial charge on any atom is 0.254 e. The van der Waals surface area contributed by atoms with E-state index in [2.05, 4.69) is 4.98 Å². The maximum absolute atomic E-state index is 12.1. The lowest BCUT2D eigenvalue weighted by Gasteiger charge is -2.16. The van der Waals surface area contributed by atoms with E-state index < -0.39 is 0 Å². The van der Waals surface area contributed by atoms with Crippen molar-refractivity contribution < 1.29 is 4.79 Å². The van der Waals surface area contributed by atoms with Gasteiger partial charge in [-0.1, -0.05) is 11.6 Å². The van der Waals surface area contributed by atoms with Crippen molar-refractivity contribution in [1.82, 2.24) is 14.5 Å². The molecule has 0 aliphatic carbocycles. The van der Waals surface area contributed by atoms with Gasteiger partial charge >= 0.3 is 0 Å². The van der Waals surface area contributed by atoms with Gasteiger partial charge in [-0.25, -0.2) is 4.98 Å². The number of hydrogen-bond acceptors (Lipinski definition) is 2. The van der Waals surface area contributed by atoms with Crippen molar-refractivity contribution in [2.75, 3.05) is 7.05 Å². The molecule has 0 aliphatic heterocycles. The summed E-state index contributed by atoms with van der Waals surface area (Å²) in [5.41, 5.74) is 0.621. The molecule has 0 aliphatic rings. The second-order valence-electron chi connectivity index (χ2n) is 4.12. The monoisotopic (exact) mass is 263 g/mol. The number of imidazole rings is 1. The van der Waals surface area contributed by atoms with Crippen LogP contribution < -0.4 is 0 Å². The Hall–Kier alpha value is -1.81. The number of benzene rings is 1. The molecule has 0 N–H and O–H groups in total. The number of amides is 1. The van der Waals surface area contributed by atoms with Gasteiger partial charge in [0.15, 0.2) is 0 Å². The fraction of sp³-hybridized carbons (Fsp3) is 0.231. The van der Waals surface area contributed by atoms with E-state index in [1.807, 2.05) is 17.8 Å². The zero-order chi connectivity index (χ0) is 13.1. The van der Waals surface area contributed by atoms with Crippen LogP contribution in [0.15, 0.2) is 36.7 Å². The molecule has 2 aromatic rings. The zero-order valence-corrected chi connectivity index (χ0v) is 11.1. The van der Waals surface area contributed by atoms with Crippen molar-refractivity contribution in [3.63, 3.8) is 0 Å². The Balaban J connectivity index is 2.09. The average Bonchev–Trinajstić information content (AvgIpc) is 2.75. The van der Waals surface area contributed by atoms with E-state index in [4.69, 9.17) is 11.6 Å². The number of nitrogens with zero attached hydrogens (tertiary/aromatic N) is 3. The summed E-state index contributed by atoms with van der Waals surface area (Å²) in [5.74, 6) is 0.800. The molecular formula is C13H14ClN3O. The van der Waals surface area contributed by atoms with E-state index >= 15 is 0 Å². The number of rotatable bonds is 3. The summed E-state index contributed by atoms with van der Waals surface area (Å²) in [6.45, 7) is 0.477. The Morgan fingerprint density at radius 3 is 2.61 bits per heavy atom. The Labute approximate surface area is 111 Å². The Morgan fingerprint density at radius 1 is 1.39 bits per heavy atom. The van der Waals surface area contributed by atoms with Crippen LogP contribution in [0.25, 0.3) is 0 Å². The number of carbonyl (C=O) groups is 1. The summed E-state index contributed by atoms with van der Waals surface area (Å²) in [5, 5.41) is 0.623. The molecule has 0 atom stereocenters. The normalized spacial score (nSPS) is 10.4. The Kier molecular flexibility index (Phi) is 3.67. The van der Waals surface area contributed by atoms with Crippen molar-refractivity contribution in [3.8, 4) is 0 Å². The van der Waals surface area contributed by atoms with E-state index in [1.165, 1.54) is 0 Å². The molecule has 2 rings (SSSR count). The van der Waals surface area contributed by atoms with Crippen molar-refractivity contribution in [1.29, 1.82) is 0 Å². The first-order valence-electron chi connectivity index (χ1n) is 5.55. The second-order valence-corrected chi connectivity index (χ2v) is 4.56. The third-order valence-electron chi connectivity index (χ3n) is 2.74. The molecular weight excluding hydrogens is 250 g/mol. The molecule has 4 nitrogen and oxygen atoms in total. The summed E-state index contributed by atoms with van der Waals surface area (Å²) < 4.78 is 1.89. The molecule has 0 unspecified atom stereocenters. The van der Waals surface area contributed by atoms with Gasteiger partial charge in [0.1, 0.15) is 5.82 Å². The van der Waals surface area contributed by atoms with E-state index in [-0.39, 0.29) is 5.91 Å². The standard InChI is InChI=1S/C13H14ClN3O/c1-16-8-7-15-12(16)9-17(2)13(18)10-3-5-11(14)6-4-10/h3-8H,9H2,1-2H3. The van der Waals surface area contributed by atoms with E-state index in [0.29, 0.717) is 17.1 Å². The maximum atomic E-state index is 12.1. The summed E-state index contributed by atoms with van der Waals surface area (Å²) in [6, 6.07) is 6.87. The van der Waals surface area contributed by atoms with Crippen molar-refractivity contribution >= 4 is 17.5 Å². The summed E-state index contributed by atoms with van der Waals surface area (Å²) in [4.78, 5) is 18.0. The van der Waals surface area contributed by atoms with Crippen LogP contribution in [0.3, 0.4) is 0 Å². The highest BCUT2D eigenvalue weighted by Gasteiger charge is 2.13. The summed E-state index contributed by atoms with van der Waals surface area (Å²) in [7, 11) is 3.66. The van der Waals surface area contributed by atoms with Crippen LogP contribution in [0.2, 0.25) is 5.02 Å². The summed E-state index contributed by atoms with van der Waals surface area (Å²) in [6.07, 6.45) is 3.58. The summed E-state index contributed by atoms with van der Waals surface area (Å²) >= 11 is 5.79. The first kappa shape index (κ1) is 12.6. The van der Waals surface area contributed by atoms with Gasteiger partial charge in [-0.15, -0.1) is 0 Å². The van der Waals surface area contributed by atoms with E-state index in [1.54, 1.807) is 42.4 Å². The first-order valence-corrected chi connectivity index (χ1v) is 5.93. The van der Waals surface area contributed by atoms with Gasteiger partial charge < -0.3 is 9.47 Å². The molecule has 1 amide bonds. The number of carbonyl (C=O) groups excluding carboxylic acids is 1. The molecule has 94 valence electrons. The van der Waals surface area contributed by atoms with Gasteiger partial charge in [0.25, 0.3) is 5.91 Å². The first-order chi connectivity index (χ1) is 8.58. The Morgan fingerprint density at radius 2 is 2.06 bits per heavy atom. The molecule has 0 radical (unpaired) electrons. The predicted molar refractivity (Wildman–Crippen MR) is 70.5 cm³/mol. The van der Waals surface area contributed by atoms with Gasteiger partial charge in [-0.05, 0) is 24.3 Å². The highest BCUT2D eigenvalue weighted by atomic mass is 35.5. The van der Waals surface area contributed by atoms with Crippen LogP contribution in [0.1, 0.15) is 16.2 Å². The second kappa shape index (κ2) is 5.23. The molecule has 0 saturated heterocycles. The molecule has 1 heterocycles. The van der Waals surface area contributed by atoms with Gasteiger partial charge in [0, 0.05) is 37.1 Å². The van der Waals surface area contributed by atoms with Crippen molar-refractivity contribution in [3.05, 3.63) is 53.1 Å². The lowest BCUT2D eigenvalue weighted by molar-refractivity contribution is 0.0780. The van der Waals surface area contributed by atoms with Crippen LogP contribution in [-0.4, -0.2) is 27.4 Å². The molecule has 1 aromatic heterocycles. The number of halogens is 1. The topological polar surface area (TPSA) is 38.1 Å². The minimum atomic E-state index is -0.0466. The molecule has 0 fully saturated rings. The van der Waals surface area contributed by atoms with Crippen LogP contribution in [-0.2, 0) is 13.6 Å². The largest absolute Gasteiger partial charge is 0.337 e. The van der Waals surface area contributed by atoms with Gasteiger partial charge in [0.2, 0.25) is 0 Å². The lowest BCUT2D eigenvalue weighted by atomic mass is 10.2. The average molecular weight is 264 g/mol. The van der Waals surface area contributed by atoms with Crippen LogP contribution in [0, 0.1) is 0 Å². The number of hydrogen-bond donors (Lipinski definition) is 0. The molecule has 5 heteroatoms. The lowest BCUT2D eigenvalue weighted by Crippen LogP contribution is -2.27. The van der Waals surface area contributed by atoms with Gasteiger partial charge in [-0.2, -0.15) is 0 Å². The van der Waals surface area contributed by atoms with Gasteiger partial charge in [-0.3, -0.25) is 4.79 Å². The quantitative estimate of drug-likeness (QED) is 0.853. The smallest absolute Gasteiger partial charge is 0.254 e. The molecule has 0 saturated carbocycles. The van der Waals surface area contributed by atoms with Crippen molar-refractivity contribution in [2.45, 2.75) is 6.54 Å². The number of aryl methyl sites for hydroxylation is 1. The molecule has 18 heavy (non-hydrogen) atoms. The molecule has 0 spiro atoms. The van der Waals surface area contributed by atoms with Crippen LogP contribution in [0.4, 0.5) is 0 Å². The fourth-order valence-electron chi connectivity index (χ4n) is 1.65. The zero-order valence-electron chi connectivity index (χ0n) is 10.3. The third kappa shape index (κ3) is 2.71. The van der Waals surface area contributed by atoms with E-state index in [9.17, 15) is 4.79 Å². The predicted octanol–water partition coefficient (Wildman–Crippen LogP) is 2.35. The van der Waals surface area contributed by atoms with Gasteiger partial charge in [0.05, 0.1) is 6.54 Å². The fourth-order valence-corrected chi connectivity index (χ4v) is 1.77. The van der Waals surface area contributed by atoms with Crippen LogP contribution in [0.5, 0.6) is 0 Å². The number of aromatic nitrogens is 2. The van der Waals surface area contributed by atoms with E-state index in [0.717, 1.165) is 5.82 Å². The SMILES string of the molecule is CN(Cc1nccn1C)C(=O)c1ccc(Cl)cc1. The minimum absolute atomic E-state index is 0.0466. The van der Waals surface area contributed by atoms with Crippen molar-refractivity contribution in [2.24, 2.45) is 7.05 Å². The minimum Gasteiger partial charge on any atom is -0.337 e. The Bertz CT molecular complexity index is 548.